The van der Waals surface area contributed by atoms with Crippen LogP contribution in [0.2, 0.25) is 0 Å². The highest BCUT2D eigenvalue weighted by molar-refractivity contribution is 5.73. The monoisotopic (exact) mass is 344 g/mol. The molecule has 0 aliphatic rings. The zero-order valence-corrected chi connectivity index (χ0v) is 15.8. The summed E-state index contributed by atoms with van der Waals surface area (Å²) >= 11 is 0. The van der Waals surface area contributed by atoms with Gasteiger partial charge in [-0.15, -0.1) is 0 Å². The number of ether oxygens (including phenoxy) is 3. The van der Waals surface area contributed by atoms with Gasteiger partial charge in [0.25, 0.3) is 0 Å². The minimum Gasteiger partial charge on any atom is -0.464 e. The first-order chi connectivity index (χ1) is 11.6. The Morgan fingerprint density at radius 3 is 1.79 bits per heavy atom. The van der Waals surface area contributed by atoms with Gasteiger partial charge in [0.2, 0.25) is 0 Å². The number of unbranched alkanes of at least 4 members (excludes halogenated alkanes) is 7. The molecule has 0 saturated carbocycles. The second-order valence-corrected chi connectivity index (χ2v) is 6.59. The van der Waals surface area contributed by atoms with Gasteiger partial charge in [0, 0.05) is 0 Å². The number of carbonyl (C=O) groups is 2. The summed E-state index contributed by atoms with van der Waals surface area (Å²) in [5, 5.41) is 0. The lowest BCUT2D eigenvalue weighted by molar-refractivity contribution is -0.155. The summed E-state index contributed by atoms with van der Waals surface area (Å²) in [6, 6.07) is 0. The molecule has 0 atom stereocenters. The second kappa shape index (κ2) is 16.7. The summed E-state index contributed by atoms with van der Waals surface area (Å²) in [6.45, 7) is 6.76. The van der Waals surface area contributed by atoms with Crippen LogP contribution >= 0.6 is 0 Å². The van der Waals surface area contributed by atoms with E-state index in [0.717, 1.165) is 19.3 Å². The first-order valence-corrected chi connectivity index (χ1v) is 9.45. The lowest BCUT2D eigenvalue weighted by Crippen LogP contribution is -2.19. The molecule has 0 aliphatic carbocycles. The van der Waals surface area contributed by atoms with Crippen LogP contribution in [-0.2, 0) is 23.8 Å². The number of carbonyl (C=O) groups excluding carboxylic acids is 2. The Bertz CT molecular complexity index is 315. The van der Waals surface area contributed by atoms with Crippen molar-refractivity contribution in [3.05, 3.63) is 0 Å². The van der Waals surface area contributed by atoms with Crippen LogP contribution in [0.25, 0.3) is 0 Å². The molecule has 0 bridgehead atoms. The molecule has 5 heteroatoms. The Labute approximate surface area is 147 Å². The quantitative estimate of drug-likeness (QED) is 0.309. The number of hydrogen-bond acceptors (Lipinski definition) is 5. The SMILES string of the molecule is CCCCCCCCCCOC(=O)COCC(=O)OCCC(C)C. The second-order valence-electron chi connectivity index (χ2n) is 6.59. The average molecular weight is 344 g/mol. The van der Waals surface area contributed by atoms with Gasteiger partial charge in [-0.05, 0) is 18.8 Å². The zero-order valence-electron chi connectivity index (χ0n) is 15.8. The molecule has 5 nitrogen and oxygen atoms in total. The van der Waals surface area contributed by atoms with E-state index in [0.29, 0.717) is 19.1 Å². The van der Waals surface area contributed by atoms with Crippen LogP contribution in [0, 0.1) is 5.92 Å². The smallest absolute Gasteiger partial charge is 0.332 e. The number of esters is 2. The van der Waals surface area contributed by atoms with Crippen molar-refractivity contribution in [2.45, 2.75) is 78.6 Å². The first-order valence-electron chi connectivity index (χ1n) is 9.45. The molecule has 0 aromatic carbocycles. The molecular weight excluding hydrogens is 308 g/mol. The van der Waals surface area contributed by atoms with Crippen LogP contribution in [0.15, 0.2) is 0 Å². The molecule has 0 aromatic heterocycles. The van der Waals surface area contributed by atoms with Crippen LogP contribution in [0.3, 0.4) is 0 Å². The molecule has 142 valence electrons. The highest BCUT2D eigenvalue weighted by Gasteiger charge is 2.07. The van der Waals surface area contributed by atoms with Crippen molar-refractivity contribution in [3.8, 4) is 0 Å². The lowest BCUT2D eigenvalue weighted by atomic mass is 10.1. The van der Waals surface area contributed by atoms with Gasteiger partial charge in [-0.3, -0.25) is 0 Å². The fourth-order valence-electron chi connectivity index (χ4n) is 2.13. The van der Waals surface area contributed by atoms with E-state index >= 15 is 0 Å². The molecule has 0 heterocycles. The van der Waals surface area contributed by atoms with E-state index in [1.54, 1.807) is 0 Å². The van der Waals surface area contributed by atoms with Gasteiger partial charge < -0.3 is 14.2 Å². The molecule has 0 spiro atoms. The normalized spacial score (nSPS) is 10.8. The van der Waals surface area contributed by atoms with Crippen molar-refractivity contribution in [1.29, 1.82) is 0 Å². The highest BCUT2D eigenvalue weighted by Crippen LogP contribution is 2.08. The summed E-state index contributed by atoms with van der Waals surface area (Å²) in [5.74, 6) is -0.371. The third-order valence-electron chi connectivity index (χ3n) is 3.66. The minimum absolute atomic E-state index is 0.198. The maximum atomic E-state index is 11.4. The molecule has 0 aliphatic heterocycles. The van der Waals surface area contributed by atoms with Gasteiger partial charge in [-0.25, -0.2) is 9.59 Å². The van der Waals surface area contributed by atoms with E-state index in [1.165, 1.54) is 38.5 Å². The third kappa shape index (κ3) is 17.3. The fourth-order valence-corrected chi connectivity index (χ4v) is 2.13. The molecule has 0 N–H and O–H groups in total. The third-order valence-corrected chi connectivity index (χ3v) is 3.66. The highest BCUT2D eigenvalue weighted by atomic mass is 16.6. The summed E-state index contributed by atoms with van der Waals surface area (Å²) in [5.41, 5.74) is 0. The van der Waals surface area contributed by atoms with Crippen LogP contribution in [0.4, 0.5) is 0 Å². The molecular formula is C19H36O5. The van der Waals surface area contributed by atoms with E-state index in [9.17, 15) is 9.59 Å². The number of hydrogen-bond donors (Lipinski definition) is 0. The van der Waals surface area contributed by atoms with Crippen molar-refractivity contribution in [1.82, 2.24) is 0 Å². The largest absolute Gasteiger partial charge is 0.464 e. The Hall–Kier alpha value is -1.10. The van der Waals surface area contributed by atoms with Crippen molar-refractivity contribution in [3.63, 3.8) is 0 Å². The molecule has 0 amide bonds. The van der Waals surface area contributed by atoms with E-state index < -0.39 is 11.9 Å². The van der Waals surface area contributed by atoms with Crippen LogP contribution < -0.4 is 0 Å². The van der Waals surface area contributed by atoms with E-state index in [4.69, 9.17) is 14.2 Å². The van der Waals surface area contributed by atoms with Crippen LogP contribution in [-0.4, -0.2) is 38.4 Å². The van der Waals surface area contributed by atoms with Gasteiger partial charge >= 0.3 is 11.9 Å². The lowest BCUT2D eigenvalue weighted by Gasteiger charge is -2.08. The van der Waals surface area contributed by atoms with E-state index in [1.807, 2.05) is 0 Å². The number of rotatable bonds is 16. The van der Waals surface area contributed by atoms with Gasteiger partial charge in [0.05, 0.1) is 13.2 Å². The maximum absolute atomic E-state index is 11.4. The Morgan fingerprint density at radius 2 is 1.25 bits per heavy atom. The van der Waals surface area contributed by atoms with Crippen LogP contribution in [0.5, 0.6) is 0 Å². The van der Waals surface area contributed by atoms with E-state index in [-0.39, 0.29) is 13.2 Å². The molecule has 0 saturated heterocycles. The minimum atomic E-state index is -0.438. The Balaban J connectivity index is 3.33. The van der Waals surface area contributed by atoms with Gasteiger partial charge in [0.1, 0.15) is 13.2 Å². The van der Waals surface area contributed by atoms with Crippen LogP contribution in [0.1, 0.15) is 78.6 Å². The van der Waals surface area contributed by atoms with Crippen molar-refractivity contribution >= 4 is 11.9 Å². The molecule has 0 fully saturated rings. The molecule has 0 unspecified atom stereocenters. The molecule has 0 rings (SSSR count). The molecule has 24 heavy (non-hydrogen) atoms. The van der Waals surface area contributed by atoms with E-state index in [2.05, 4.69) is 20.8 Å². The summed E-state index contributed by atoms with van der Waals surface area (Å²) in [4.78, 5) is 22.8. The zero-order chi connectivity index (χ0) is 18.0. The Morgan fingerprint density at radius 1 is 0.750 bits per heavy atom. The summed E-state index contributed by atoms with van der Waals surface area (Å²) in [6.07, 6.45) is 10.5. The topological polar surface area (TPSA) is 61.8 Å². The van der Waals surface area contributed by atoms with Crippen molar-refractivity contribution < 1.29 is 23.8 Å². The Kier molecular flexibility index (Phi) is 16.0. The standard InChI is InChI=1S/C19H36O5/c1-4-5-6-7-8-9-10-11-13-23-18(20)15-22-16-19(21)24-14-12-17(2)3/h17H,4-16H2,1-3H3. The average Bonchev–Trinajstić information content (AvgIpc) is 2.53. The van der Waals surface area contributed by atoms with Gasteiger partial charge in [-0.2, -0.15) is 0 Å². The summed E-state index contributed by atoms with van der Waals surface area (Å²) < 4.78 is 15.0. The molecule has 0 aromatic rings. The van der Waals surface area contributed by atoms with Gasteiger partial charge in [-0.1, -0.05) is 65.7 Å². The first kappa shape index (κ1) is 22.9. The fraction of sp³-hybridized carbons (Fsp3) is 0.895. The summed E-state index contributed by atoms with van der Waals surface area (Å²) in [7, 11) is 0. The predicted octanol–water partition coefficient (Wildman–Crippen LogP) is 4.28. The van der Waals surface area contributed by atoms with Crippen molar-refractivity contribution in [2.24, 2.45) is 5.92 Å². The van der Waals surface area contributed by atoms with Crippen molar-refractivity contribution in [2.75, 3.05) is 26.4 Å². The molecule has 0 radical (unpaired) electrons. The maximum Gasteiger partial charge on any atom is 0.332 e. The predicted molar refractivity (Wildman–Crippen MR) is 94.8 cm³/mol. The van der Waals surface area contributed by atoms with Gasteiger partial charge in [0.15, 0.2) is 0 Å².